The number of carbonyl (C=O) groups excluding carboxylic acids is 1. The number of piperidine rings is 1. The van der Waals surface area contributed by atoms with E-state index >= 15 is 0 Å². The first kappa shape index (κ1) is 17.4. The van der Waals surface area contributed by atoms with E-state index in [1.54, 1.807) is 18.3 Å². The molecule has 0 N–H and O–H groups in total. The Morgan fingerprint density at radius 1 is 1.17 bits per heavy atom. The van der Waals surface area contributed by atoms with Gasteiger partial charge in [0.15, 0.2) is 0 Å². The first-order valence-electron chi connectivity index (χ1n) is 8.10. The monoisotopic (exact) mass is 317 g/mol. The number of hydrogen-bond acceptors (Lipinski definition) is 3. The molecule has 1 amide bonds. The highest BCUT2D eigenvalue weighted by atomic mass is 16.6. The van der Waals surface area contributed by atoms with Crippen molar-refractivity contribution in [2.45, 2.75) is 44.6 Å². The Hall–Kier alpha value is -1.97. The Morgan fingerprint density at radius 3 is 2.30 bits per heavy atom. The summed E-state index contributed by atoms with van der Waals surface area (Å²) in [5, 5.41) is 0. The first-order valence-corrected chi connectivity index (χ1v) is 8.10. The molecule has 0 saturated carbocycles. The van der Waals surface area contributed by atoms with Crippen molar-refractivity contribution in [3.8, 4) is 0 Å². The fourth-order valence-corrected chi connectivity index (χ4v) is 2.93. The summed E-state index contributed by atoms with van der Waals surface area (Å²) in [6.45, 7) is 7.04. The Bertz CT molecular complexity index is 537. The Labute approximate surface area is 139 Å². The van der Waals surface area contributed by atoms with Crippen molar-refractivity contribution in [2.24, 2.45) is 0 Å². The number of methoxy groups -OCH3 is 1. The molecule has 1 saturated heterocycles. The zero-order valence-corrected chi connectivity index (χ0v) is 14.5. The van der Waals surface area contributed by atoms with E-state index in [9.17, 15) is 4.79 Å². The van der Waals surface area contributed by atoms with E-state index in [2.05, 4.69) is 30.3 Å². The van der Waals surface area contributed by atoms with Crippen LogP contribution in [0.5, 0.6) is 0 Å². The van der Waals surface area contributed by atoms with Crippen LogP contribution in [0.3, 0.4) is 0 Å². The third-order valence-electron chi connectivity index (χ3n) is 4.18. The summed E-state index contributed by atoms with van der Waals surface area (Å²) >= 11 is 0. The van der Waals surface area contributed by atoms with Gasteiger partial charge in [0.1, 0.15) is 5.60 Å². The van der Waals surface area contributed by atoms with Crippen LogP contribution in [0.4, 0.5) is 4.79 Å². The number of benzene rings is 1. The molecule has 4 nitrogen and oxygen atoms in total. The summed E-state index contributed by atoms with van der Waals surface area (Å²) in [6.07, 6.45) is 5.35. The van der Waals surface area contributed by atoms with Gasteiger partial charge in [0.25, 0.3) is 0 Å². The van der Waals surface area contributed by atoms with Crippen LogP contribution >= 0.6 is 0 Å². The molecule has 23 heavy (non-hydrogen) atoms. The minimum absolute atomic E-state index is 0.0875. The van der Waals surface area contributed by atoms with Crippen LogP contribution in [0.25, 0.3) is 0 Å². The van der Waals surface area contributed by atoms with Gasteiger partial charge in [0.2, 0.25) is 0 Å². The van der Waals surface area contributed by atoms with Gasteiger partial charge in [0.05, 0.1) is 13.4 Å². The van der Waals surface area contributed by atoms with Crippen LogP contribution in [0.2, 0.25) is 0 Å². The molecule has 1 heterocycles. The van der Waals surface area contributed by atoms with Crippen LogP contribution in [-0.4, -0.2) is 36.8 Å². The van der Waals surface area contributed by atoms with Crippen LogP contribution in [-0.2, 0) is 14.9 Å². The van der Waals surface area contributed by atoms with Gasteiger partial charge in [-0.1, -0.05) is 30.3 Å². The molecule has 0 unspecified atom stereocenters. The maximum Gasteiger partial charge on any atom is 0.410 e. The van der Waals surface area contributed by atoms with Crippen molar-refractivity contribution in [1.29, 1.82) is 0 Å². The number of nitrogens with zero attached hydrogens (tertiary/aromatic N) is 1. The average molecular weight is 317 g/mol. The van der Waals surface area contributed by atoms with E-state index in [4.69, 9.17) is 9.47 Å². The maximum absolute atomic E-state index is 12.2. The minimum atomic E-state index is -0.457. The predicted molar refractivity (Wildman–Crippen MR) is 91.3 cm³/mol. The second-order valence-electron chi connectivity index (χ2n) is 7.03. The van der Waals surface area contributed by atoms with Gasteiger partial charge in [-0.25, -0.2) is 4.79 Å². The minimum Gasteiger partial charge on any atom is -0.505 e. The van der Waals surface area contributed by atoms with Gasteiger partial charge in [-0.15, -0.1) is 0 Å². The normalized spacial score (nSPS) is 18.0. The van der Waals surface area contributed by atoms with E-state index < -0.39 is 5.60 Å². The molecule has 1 aromatic carbocycles. The summed E-state index contributed by atoms with van der Waals surface area (Å²) in [5.41, 5.74) is 0.716. The summed E-state index contributed by atoms with van der Waals surface area (Å²) in [5.74, 6) is 0. The quantitative estimate of drug-likeness (QED) is 0.787. The standard InChI is InChI=1S/C19H27NO3/c1-18(2,3)23-17(21)20-13-10-19(11-14-20,12-15-22-4)16-8-6-5-7-9-16/h5-9,12,15H,10-11,13-14H2,1-4H3/b15-12+. The number of carbonyl (C=O) groups is 1. The molecule has 1 fully saturated rings. The van der Waals surface area contributed by atoms with Crippen LogP contribution in [0.15, 0.2) is 42.7 Å². The highest BCUT2D eigenvalue weighted by Crippen LogP contribution is 2.37. The summed E-state index contributed by atoms with van der Waals surface area (Å²) in [6, 6.07) is 10.4. The Morgan fingerprint density at radius 2 is 1.78 bits per heavy atom. The van der Waals surface area contributed by atoms with Crippen molar-refractivity contribution in [3.63, 3.8) is 0 Å². The highest BCUT2D eigenvalue weighted by molar-refractivity contribution is 5.68. The summed E-state index contributed by atoms with van der Waals surface area (Å²) < 4.78 is 10.6. The molecule has 0 radical (unpaired) electrons. The lowest BCUT2D eigenvalue weighted by atomic mass is 9.73. The second-order valence-corrected chi connectivity index (χ2v) is 7.03. The Balaban J connectivity index is 2.11. The van der Waals surface area contributed by atoms with Crippen LogP contribution in [0, 0.1) is 0 Å². The third kappa shape index (κ3) is 4.50. The van der Waals surface area contributed by atoms with E-state index in [0.29, 0.717) is 13.1 Å². The average Bonchev–Trinajstić information content (AvgIpc) is 2.52. The van der Waals surface area contributed by atoms with E-state index in [1.807, 2.05) is 26.8 Å². The lowest BCUT2D eigenvalue weighted by Gasteiger charge is -2.40. The topological polar surface area (TPSA) is 38.8 Å². The number of likely N-dealkylation sites (tertiary alicyclic amines) is 1. The van der Waals surface area contributed by atoms with Crippen molar-refractivity contribution >= 4 is 6.09 Å². The van der Waals surface area contributed by atoms with Gasteiger partial charge in [-0.3, -0.25) is 0 Å². The lowest BCUT2D eigenvalue weighted by molar-refractivity contribution is 0.0182. The smallest absolute Gasteiger partial charge is 0.410 e. The van der Waals surface area contributed by atoms with Gasteiger partial charge in [0, 0.05) is 18.5 Å². The molecule has 1 aliphatic heterocycles. The molecule has 0 aliphatic carbocycles. The molecule has 4 heteroatoms. The second kappa shape index (κ2) is 7.07. The molecule has 0 spiro atoms. The van der Waals surface area contributed by atoms with Crippen LogP contribution in [0.1, 0.15) is 39.2 Å². The summed E-state index contributed by atoms with van der Waals surface area (Å²) in [7, 11) is 1.66. The highest BCUT2D eigenvalue weighted by Gasteiger charge is 2.36. The molecular formula is C19H27NO3. The van der Waals surface area contributed by atoms with Gasteiger partial charge >= 0.3 is 6.09 Å². The van der Waals surface area contributed by atoms with Crippen molar-refractivity contribution in [1.82, 2.24) is 4.90 Å². The first-order chi connectivity index (χ1) is 10.9. The molecule has 1 aliphatic rings. The van der Waals surface area contributed by atoms with Crippen LogP contribution < -0.4 is 0 Å². The molecule has 0 aromatic heterocycles. The predicted octanol–water partition coefficient (Wildman–Crippen LogP) is 4.12. The lowest BCUT2D eigenvalue weighted by Crippen LogP contribution is -2.46. The maximum atomic E-state index is 12.2. The zero-order valence-electron chi connectivity index (χ0n) is 14.5. The fraction of sp³-hybridized carbons (Fsp3) is 0.526. The number of amides is 1. The van der Waals surface area contributed by atoms with Crippen molar-refractivity contribution < 1.29 is 14.3 Å². The molecular weight excluding hydrogens is 290 g/mol. The molecule has 0 atom stereocenters. The molecule has 126 valence electrons. The van der Waals surface area contributed by atoms with Gasteiger partial charge in [-0.05, 0) is 45.3 Å². The zero-order chi connectivity index (χ0) is 16.9. The fourth-order valence-electron chi connectivity index (χ4n) is 2.93. The van der Waals surface area contributed by atoms with E-state index in [-0.39, 0.29) is 11.5 Å². The number of rotatable bonds is 3. The third-order valence-corrected chi connectivity index (χ3v) is 4.18. The largest absolute Gasteiger partial charge is 0.505 e. The molecule has 2 rings (SSSR count). The number of allylic oxidation sites excluding steroid dienone is 1. The SMILES string of the molecule is CO/C=C/C1(c2ccccc2)CCN(C(=O)OC(C)(C)C)CC1. The van der Waals surface area contributed by atoms with Gasteiger partial charge < -0.3 is 14.4 Å². The number of ether oxygens (including phenoxy) is 2. The van der Waals surface area contributed by atoms with Crippen molar-refractivity contribution in [2.75, 3.05) is 20.2 Å². The number of hydrogen-bond donors (Lipinski definition) is 0. The molecule has 1 aromatic rings. The summed E-state index contributed by atoms with van der Waals surface area (Å²) in [4.78, 5) is 14.0. The van der Waals surface area contributed by atoms with E-state index in [1.165, 1.54) is 5.56 Å². The van der Waals surface area contributed by atoms with Gasteiger partial charge in [-0.2, -0.15) is 0 Å². The Kier molecular flexibility index (Phi) is 5.34. The van der Waals surface area contributed by atoms with E-state index in [0.717, 1.165) is 12.8 Å². The molecule has 0 bridgehead atoms. The van der Waals surface area contributed by atoms with Crippen molar-refractivity contribution in [3.05, 3.63) is 48.2 Å².